The van der Waals surface area contributed by atoms with E-state index < -0.39 is 48.9 Å². The van der Waals surface area contributed by atoms with Crippen LogP contribution in [-0.2, 0) is 33.9 Å². The maximum Gasteiger partial charge on any atom is 0.326 e. The largest absolute Gasteiger partial charge is 0.488 e. The predicted octanol–water partition coefficient (Wildman–Crippen LogP) is 5.47. The first-order valence-electron chi connectivity index (χ1n) is 12.6. The number of hydrogen-bond donors (Lipinski definition) is 1. The summed E-state index contributed by atoms with van der Waals surface area (Å²) in [6, 6.07) is 20.9. The molecule has 3 aromatic rings. The molecule has 0 bridgehead atoms. The molecule has 8 heteroatoms. The third-order valence-electron chi connectivity index (χ3n) is 7.17. The number of aliphatic carboxylic acids is 1. The van der Waals surface area contributed by atoms with E-state index in [1.165, 1.54) is 4.90 Å². The van der Waals surface area contributed by atoms with E-state index in [1.807, 2.05) is 49.4 Å². The Morgan fingerprint density at radius 2 is 1.68 bits per heavy atom. The molecule has 0 aromatic heterocycles. The number of carbonyl (C=O) groups excluding carboxylic acids is 1. The van der Waals surface area contributed by atoms with Gasteiger partial charge in [0.05, 0.1) is 6.10 Å². The molecule has 0 radical (unpaired) electrons. The van der Waals surface area contributed by atoms with Crippen molar-refractivity contribution >= 4 is 11.9 Å². The molecule has 198 valence electrons. The number of alkyl halides is 2. The Morgan fingerprint density at radius 1 is 1.03 bits per heavy atom. The fourth-order valence-corrected chi connectivity index (χ4v) is 5.09. The molecule has 1 aliphatic heterocycles. The van der Waals surface area contributed by atoms with Crippen LogP contribution in [0.1, 0.15) is 46.8 Å². The summed E-state index contributed by atoms with van der Waals surface area (Å²) in [4.78, 5) is 27.5. The van der Waals surface area contributed by atoms with Crippen LogP contribution in [0.3, 0.4) is 0 Å². The number of aryl methyl sites for hydroxylation is 1. The molecule has 2 aliphatic rings. The molecule has 0 unspecified atom stereocenters. The first-order valence-corrected chi connectivity index (χ1v) is 12.6. The highest BCUT2D eigenvalue weighted by Crippen LogP contribution is 2.42. The second-order valence-corrected chi connectivity index (χ2v) is 9.96. The van der Waals surface area contributed by atoms with E-state index in [1.54, 1.807) is 30.3 Å². The van der Waals surface area contributed by atoms with Crippen molar-refractivity contribution in [3.63, 3.8) is 0 Å². The van der Waals surface area contributed by atoms with Crippen LogP contribution in [0, 0.1) is 6.92 Å². The molecule has 1 fully saturated rings. The Labute approximate surface area is 219 Å². The summed E-state index contributed by atoms with van der Waals surface area (Å²) in [6.45, 7) is 2.27. The highest BCUT2D eigenvalue weighted by molar-refractivity contribution is 5.88. The molecule has 1 N–H and O–H groups in total. The van der Waals surface area contributed by atoms with E-state index in [4.69, 9.17) is 9.47 Å². The second-order valence-electron chi connectivity index (χ2n) is 9.96. The minimum atomic E-state index is -2.81. The van der Waals surface area contributed by atoms with Gasteiger partial charge in [0.2, 0.25) is 0 Å². The molecule has 3 aromatic carbocycles. The molecular weight excluding hydrogens is 492 g/mol. The third kappa shape index (κ3) is 5.41. The average Bonchev–Trinajstić information content (AvgIpc) is 2.90. The quantitative estimate of drug-likeness (QED) is 0.426. The van der Waals surface area contributed by atoms with Gasteiger partial charge in [0, 0.05) is 31.4 Å². The summed E-state index contributed by atoms with van der Waals surface area (Å²) < 4.78 is 39.1. The topological polar surface area (TPSA) is 76.1 Å². The molecule has 1 heterocycles. The zero-order chi connectivity index (χ0) is 26.9. The van der Waals surface area contributed by atoms with Crippen LogP contribution in [0.4, 0.5) is 8.78 Å². The van der Waals surface area contributed by atoms with Crippen molar-refractivity contribution in [1.82, 2.24) is 4.90 Å². The lowest BCUT2D eigenvalue weighted by Crippen LogP contribution is -2.51. The van der Waals surface area contributed by atoms with Crippen molar-refractivity contribution in [2.75, 3.05) is 0 Å². The number of rotatable bonds is 8. The van der Waals surface area contributed by atoms with Crippen LogP contribution in [0.25, 0.3) is 0 Å². The fourth-order valence-electron chi connectivity index (χ4n) is 5.09. The number of carbonyl (C=O) groups is 2. The molecule has 5 rings (SSSR count). The van der Waals surface area contributed by atoms with Crippen molar-refractivity contribution < 1.29 is 33.0 Å². The van der Waals surface area contributed by atoms with Gasteiger partial charge in [0.15, 0.2) is 6.10 Å². The zero-order valence-electron chi connectivity index (χ0n) is 21.0. The molecule has 1 saturated carbocycles. The van der Waals surface area contributed by atoms with Gasteiger partial charge in [-0.2, -0.15) is 0 Å². The van der Waals surface area contributed by atoms with E-state index in [0.717, 1.165) is 22.3 Å². The maximum atomic E-state index is 13.8. The van der Waals surface area contributed by atoms with Gasteiger partial charge in [-0.15, -0.1) is 0 Å². The molecule has 0 spiro atoms. The van der Waals surface area contributed by atoms with E-state index >= 15 is 0 Å². The summed E-state index contributed by atoms with van der Waals surface area (Å²) in [5.74, 6) is -3.90. The normalized spacial score (nSPS) is 19.2. The molecule has 2 atom stereocenters. The van der Waals surface area contributed by atoms with Gasteiger partial charge in [0.1, 0.15) is 18.4 Å². The number of ether oxygens (including phenoxy) is 2. The maximum absolute atomic E-state index is 13.8. The second kappa shape index (κ2) is 10.5. The van der Waals surface area contributed by atoms with E-state index in [9.17, 15) is 23.5 Å². The van der Waals surface area contributed by atoms with Crippen molar-refractivity contribution in [2.24, 2.45) is 0 Å². The van der Waals surface area contributed by atoms with Crippen LogP contribution in [0.2, 0.25) is 0 Å². The number of amides is 1. The van der Waals surface area contributed by atoms with E-state index in [-0.39, 0.29) is 13.0 Å². The average molecular weight is 522 g/mol. The summed E-state index contributed by atoms with van der Waals surface area (Å²) >= 11 is 0. The van der Waals surface area contributed by atoms with Gasteiger partial charge in [-0.3, -0.25) is 4.79 Å². The van der Waals surface area contributed by atoms with Crippen molar-refractivity contribution in [3.05, 3.63) is 101 Å². The Balaban J connectivity index is 1.43. The lowest BCUT2D eigenvalue weighted by molar-refractivity contribution is -0.193. The van der Waals surface area contributed by atoms with Gasteiger partial charge >= 0.3 is 5.97 Å². The van der Waals surface area contributed by atoms with Gasteiger partial charge in [-0.25, -0.2) is 13.6 Å². The van der Waals surface area contributed by atoms with Gasteiger partial charge in [-0.1, -0.05) is 72.8 Å². The van der Waals surface area contributed by atoms with Crippen molar-refractivity contribution in [3.8, 4) is 5.75 Å². The predicted molar refractivity (Wildman–Crippen MR) is 136 cm³/mol. The number of halogens is 2. The molecule has 6 nitrogen and oxygen atoms in total. The number of nitrogens with zero attached hydrogens (tertiary/aromatic N) is 1. The Bertz CT molecular complexity index is 1310. The molecule has 0 saturated heterocycles. The number of carboxylic acid groups (broad SMARTS) is 1. The number of benzene rings is 3. The lowest BCUT2D eigenvalue weighted by Gasteiger charge is -2.40. The highest BCUT2D eigenvalue weighted by Gasteiger charge is 2.49. The van der Waals surface area contributed by atoms with E-state index in [2.05, 4.69) is 0 Å². The standard InChI is InChI=1S/C30H29F2NO5/c1-19-12-13-22-17-33(25(29(35)36)14-24(22)26(19)37-18-20-8-4-2-5-9-20)28(34)27(21-10-6-3-7-11-21)38-23-15-30(31,32)16-23/h2-13,23,25,27H,14-18H2,1H3,(H,35,36)/t25-,27+/m0/s1. The van der Waals surface area contributed by atoms with Crippen molar-refractivity contribution in [2.45, 2.75) is 63.5 Å². The highest BCUT2D eigenvalue weighted by atomic mass is 19.3. The summed E-state index contributed by atoms with van der Waals surface area (Å²) in [6.07, 6.45) is -2.82. The summed E-state index contributed by atoms with van der Waals surface area (Å²) in [7, 11) is 0. The van der Waals surface area contributed by atoms with Crippen molar-refractivity contribution in [1.29, 1.82) is 0 Å². The van der Waals surface area contributed by atoms with E-state index in [0.29, 0.717) is 17.9 Å². The molecule has 1 amide bonds. The lowest BCUT2D eigenvalue weighted by atomic mass is 9.89. The van der Waals surface area contributed by atoms with Gasteiger partial charge in [-0.05, 0) is 29.2 Å². The summed E-state index contributed by atoms with van der Waals surface area (Å²) in [5.41, 5.74) is 3.90. The van der Waals surface area contributed by atoms with Crippen LogP contribution in [-0.4, -0.2) is 40.0 Å². The summed E-state index contributed by atoms with van der Waals surface area (Å²) in [5, 5.41) is 10.1. The minimum Gasteiger partial charge on any atom is -0.488 e. The molecule has 38 heavy (non-hydrogen) atoms. The Morgan fingerprint density at radius 3 is 2.32 bits per heavy atom. The minimum absolute atomic E-state index is 0.0423. The SMILES string of the molecule is Cc1ccc2c(c1OCc1ccccc1)C[C@@H](C(=O)O)N(C(=O)[C@H](OC1CC(F)(F)C1)c1ccccc1)C2. The number of carboxylic acids is 1. The van der Waals surface area contributed by atoms with Crippen LogP contribution >= 0.6 is 0 Å². The fraction of sp³-hybridized carbons (Fsp3) is 0.333. The van der Waals surface area contributed by atoms with Crippen LogP contribution in [0.15, 0.2) is 72.8 Å². The number of hydrogen-bond acceptors (Lipinski definition) is 4. The Hall–Kier alpha value is -3.78. The van der Waals surface area contributed by atoms with Gasteiger partial charge < -0.3 is 19.5 Å². The zero-order valence-corrected chi connectivity index (χ0v) is 21.0. The first kappa shape index (κ1) is 25.9. The van der Waals surface area contributed by atoms with Crippen LogP contribution in [0.5, 0.6) is 5.75 Å². The molecular formula is C30H29F2NO5. The number of fused-ring (bicyclic) bond motifs is 1. The smallest absolute Gasteiger partial charge is 0.326 e. The van der Waals surface area contributed by atoms with Gasteiger partial charge in [0.25, 0.3) is 11.8 Å². The molecule has 1 aliphatic carbocycles. The Kier molecular flexibility index (Phi) is 7.17. The third-order valence-corrected chi connectivity index (χ3v) is 7.17. The first-order chi connectivity index (χ1) is 18.2. The van der Waals surface area contributed by atoms with Crippen LogP contribution < -0.4 is 4.74 Å². The monoisotopic (exact) mass is 521 g/mol.